The molecule has 0 bridgehead atoms. The predicted octanol–water partition coefficient (Wildman–Crippen LogP) is 2.34. The van der Waals surface area contributed by atoms with Gasteiger partial charge in [0.1, 0.15) is 5.75 Å². The lowest BCUT2D eigenvalue weighted by Crippen LogP contribution is -2.53. The summed E-state index contributed by atoms with van der Waals surface area (Å²) in [6.45, 7) is 10.2. The van der Waals surface area contributed by atoms with Crippen molar-refractivity contribution in [3.8, 4) is 5.75 Å². The van der Waals surface area contributed by atoms with Gasteiger partial charge in [-0.1, -0.05) is 39.8 Å². The number of amides is 2. The molecule has 1 aromatic carbocycles. The summed E-state index contributed by atoms with van der Waals surface area (Å²) in [6.07, 6.45) is 0.983. The second-order valence-corrected chi connectivity index (χ2v) is 7.21. The quantitative estimate of drug-likeness (QED) is 0.850. The summed E-state index contributed by atoms with van der Waals surface area (Å²) in [6, 6.07) is 7.81. The number of hydrogen-bond acceptors (Lipinski definition) is 3. The molecule has 5 nitrogen and oxygen atoms in total. The van der Waals surface area contributed by atoms with E-state index in [9.17, 15) is 9.59 Å². The fourth-order valence-corrected chi connectivity index (χ4v) is 2.69. The van der Waals surface area contributed by atoms with E-state index < -0.39 is 0 Å². The van der Waals surface area contributed by atoms with Crippen molar-refractivity contribution < 1.29 is 14.3 Å². The highest BCUT2D eigenvalue weighted by Gasteiger charge is 2.30. The molecule has 0 radical (unpaired) electrons. The zero-order valence-corrected chi connectivity index (χ0v) is 15.2. The van der Waals surface area contributed by atoms with Gasteiger partial charge in [0.15, 0.2) is 6.61 Å². The minimum atomic E-state index is -0.375. The van der Waals surface area contributed by atoms with Crippen LogP contribution in [0.1, 0.15) is 33.3 Å². The number of aryl methyl sites for hydroxylation is 1. The van der Waals surface area contributed by atoms with Crippen molar-refractivity contribution in [2.45, 2.75) is 34.1 Å². The molecule has 0 N–H and O–H groups in total. The van der Waals surface area contributed by atoms with Gasteiger partial charge in [-0.3, -0.25) is 9.59 Å². The SMILES string of the molecule is CCc1ccc(OCC(=O)N2CCN(C(=O)C(C)(C)C)CC2)cc1. The Kier molecular flexibility index (Phi) is 5.86. The van der Waals surface area contributed by atoms with Gasteiger partial charge in [-0.2, -0.15) is 0 Å². The Bertz CT molecular complexity index is 567. The maximum Gasteiger partial charge on any atom is 0.260 e. The summed E-state index contributed by atoms with van der Waals surface area (Å²) in [7, 11) is 0. The van der Waals surface area contributed by atoms with Crippen LogP contribution in [-0.4, -0.2) is 54.4 Å². The first kappa shape index (κ1) is 18.3. The minimum Gasteiger partial charge on any atom is -0.484 e. The van der Waals surface area contributed by atoms with Crippen molar-refractivity contribution in [1.82, 2.24) is 9.80 Å². The molecule has 2 amide bonds. The van der Waals surface area contributed by atoms with Crippen LogP contribution in [0, 0.1) is 5.41 Å². The van der Waals surface area contributed by atoms with Gasteiger partial charge >= 0.3 is 0 Å². The van der Waals surface area contributed by atoms with Gasteiger partial charge < -0.3 is 14.5 Å². The third kappa shape index (κ3) is 4.73. The molecule has 132 valence electrons. The molecule has 0 aromatic heterocycles. The van der Waals surface area contributed by atoms with E-state index in [1.165, 1.54) is 5.56 Å². The molecule has 0 atom stereocenters. The number of rotatable bonds is 4. The first-order chi connectivity index (χ1) is 11.3. The zero-order valence-electron chi connectivity index (χ0n) is 15.2. The summed E-state index contributed by atoms with van der Waals surface area (Å²) in [5.41, 5.74) is 0.869. The predicted molar refractivity (Wildman–Crippen MR) is 93.9 cm³/mol. The first-order valence-corrected chi connectivity index (χ1v) is 8.60. The third-order valence-corrected chi connectivity index (χ3v) is 4.26. The average molecular weight is 332 g/mol. The van der Waals surface area contributed by atoms with E-state index in [2.05, 4.69) is 6.92 Å². The summed E-state index contributed by atoms with van der Waals surface area (Å²) >= 11 is 0. The Morgan fingerprint density at radius 1 is 1.00 bits per heavy atom. The molecule has 1 aromatic rings. The van der Waals surface area contributed by atoms with Gasteiger partial charge in [0.2, 0.25) is 5.91 Å². The zero-order chi connectivity index (χ0) is 17.7. The topological polar surface area (TPSA) is 49.9 Å². The van der Waals surface area contributed by atoms with Crippen molar-refractivity contribution in [3.63, 3.8) is 0 Å². The van der Waals surface area contributed by atoms with Crippen LogP contribution in [0.2, 0.25) is 0 Å². The highest BCUT2D eigenvalue weighted by molar-refractivity contribution is 5.82. The molecule has 1 aliphatic heterocycles. The van der Waals surface area contributed by atoms with Crippen molar-refractivity contribution in [2.24, 2.45) is 5.41 Å². The monoisotopic (exact) mass is 332 g/mol. The fourth-order valence-electron chi connectivity index (χ4n) is 2.69. The smallest absolute Gasteiger partial charge is 0.260 e. The molecule has 1 saturated heterocycles. The fraction of sp³-hybridized carbons (Fsp3) is 0.579. The number of benzene rings is 1. The maximum absolute atomic E-state index is 12.3. The highest BCUT2D eigenvalue weighted by Crippen LogP contribution is 2.19. The molecule has 0 unspecified atom stereocenters. The van der Waals surface area contributed by atoms with Gasteiger partial charge in [0.05, 0.1) is 0 Å². The normalized spacial score (nSPS) is 15.3. The van der Waals surface area contributed by atoms with E-state index in [1.54, 1.807) is 4.90 Å². The van der Waals surface area contributed by atoms with Crippen molar-refractivity contribution in [2.75, 3.05) is 32.8 Å². The van der Waals surface area contributed by atoms with E-state index >= 15 is 0 Å². The molecular weight excluding hydrogens is 304 g/mol. The molecule has 2 rings (SSSR count). The number of hydrogen-bond donors (Lipinski definition) is 0. The minimum absolute atomic E-state index is 0.0302. The Labute approximate surface area is 144 Å². The standard InChI is InChI=1S/C19H28N2O3/c1-5-15-6-8-16(9-7-15)24-14-17(22)20-10-12-21(13-11-20)18(23)19(2,3)4/h6-9H,5,10-14H2,1-4H3. The van der Waals surface area contributed by atoms with Gasteiger partial charge in [-0.25, -0.2) is 0 Å². The lowest BCUT2D eigenvalue weighted by atomic mass is 9.94. The second-order valence-electron chi connectivity index (χ2n) is 7.21. The van der Waals surface area contributed by atoms with Crippen LogP contribution < -0.4 is 4.74 Å². The summed E-state index contributed by atoms with van der Waals surface area (Å²) in [5.74, 6) is 0.821. The number of nitrogens with zero attached hydrogens (tertiary/aromatic N) is 2. The third-order valence-electron chi connectivity index (χ3n) is 4.26. The number of ether oxygens (including phenoxy) is 1. The van der Waals surface area contributed by atoms with Crippen molar-refractivity contribution >= 4 is 11.8 Å². The Balaban J connectivity index is 1.79. The number of carbonyl (C=O) groups is 2. The molecule has 0 spiro atoms. The van der Waals surface area contributed by atoms with Crippen LogP contribution in [-0.2, 0) is 16.0 Å². The van der Waals surface area contributed by atoms with Gasteiger partial charge in [0.25, 0.3) is 5.91 Å². The molecular formula is C19H28N2O3. The van der Waals surface area contributed by atoms with Crippen LogP contribution in [0.5, 0.6) is 5.75 Å². The van der Waals surface area contributed by atoms with Crippen LogP contribution in [0.25, 0.3) is 0 Å². The van der Waals surface area contributed by atoms with E-state index in [-0.39, 0.29) is 23.8 Å². The molecule has 0 saturated carbocycles. The van der Waals surface area contributed by atoms with Crippen LogP contribution >= 0.6 is 0 Å². The van der Waals surface area contributed by atoms with Gasteiger partial charge in [0, 0.05) is 31.6 Å². The van der Waals surface area contributed by atoms with Crippen molar-refractivity contribution in [1.29, 1.82) is 0 Å². The average Bonchev–Trinajstić information content (AvgIpc) is 2.58. The van der Waals surface area contributed by atoms with Gasteiger partial charge in [-0.05, 0) is 24.1 Å². The van der Waals surface area contributed by atoms with Crippen LogP contribution in [0.15, 0.2) is 24.3 Å². The Morgan fingerprint density at radius 2 is 1.54 bits per heavy atom. The van der Waals surface area contributed by atoms with Crippen molar-refractivity contribution in [3.05, 3.63) is 29.8 Å². The lowest BCUT2D eigenvalue weighted by Gasteiger charge is -2.37. The molecule has 1 aliphatic rings. The number of piperazine rings is 1. The molecule has 1 fully saturated rings. The van der Waals surface area contributed by atoms with Crippen LogP contribution in [0.3, 0.4) is 0 Å². The Hall–Kier alpha value is -2.04. The largest absolute Gasteiger partial charge is 0.484 e. The summed E-state index contributed by atoms with van der Waals surface area (Å²) in [5, 5.41) is 0. The number of carbonyl (C=O) groups excluding carboxylic acids is 2. The molecule has 1 heterocycles. The van der Waals surface area contributed by atoms with E-state index in [4.69, 9.17) is 4.74 Å². The summed E-state index contributed by atoms with van der Waals surface area (Å²) in [4.78, 5) is 28.1. The Morgan fingerprint density at radius 3 is 2.04 bits per heavy atom. The molecule has 5 heteroatoms. The van der Waals surface area contributed by atoms with E-state index in [0.29, 0.717) is 31.9 Å². The first-order valence-electron chi connectivity index (χ1n) is 8.60. The maximum atomic E-state index is 12.3. The molecule has 24 heavy (non-hydrogen) atoms. The van der Waals surface area contributed by atoms with E-state index in [1.807, 2.05) is 49.9 Å². The lowest BCUT2D eigenvalue weighted by molar-refractivity contribution is -0.145. The van der Waals surface area contributed by atoms with Gasteiger partial charge in [-0.15, -0.1) is 0 Å². The second kappa shape index (κ2) is 7.69. The molecule has 0 aliphatic carbocycles. The van der Waals surface area contributed by atoms with E-state index in [0.717, 1.165) is 6.42 Å². The summed E-state index contributed by atoms with van der Waals surface area (Å²) < 4.78 is 5.58. The highest BCUT2D eigenvalue weighted by atomic mass is 16.5. The van der Waals surface area contributed by atoms with Crippen LogP contribution in [0.4, 0.5) is 0 Å².